The fourth-order valence-electron chi connectivity index (χ4n) is 3.51. The zero-order chi connectivity index (χ0) is 21.1. The van der Waals surface area contributed by atoms with Crippen LogP contribution in [-0.2, 0) is 11.3 Å². The number of carbonyl (C=O) groups is 1. The molecule has 2 aromatic rings. The summed E-state index contributed by atoms with van der Waals surface area (Å²) in [5.41, 5.74) is 0.388. The molecule has 2 heterocycles. The first-order valence-corrected chi connectivity index (χ1v) is 9.90. The van der Waals surface area contributed by atoms with Crippen molar-refractivity contribution in [1.82, 2.24) is 14.4 Å². The first kappa shape index (κ1) is 21.1. The maximum Gasteiger partial charge on any atom is 0.271 e. The Morgan fingerprint density at radius 3 is 2.76 bits per heavy atom. The van der Waals surface area contributed by atoms with Crippen LogP contribution in [0.15, 0.2) is 23.0 Å². The number of nitrogens with zero attached hydrogens (tertiary/aromatic N) is 4. The minimum atomic E-state index is -0.448. The van der Waals surface area contributed by atoms with E-state index in [1.807, 2.05) is 25.1 Å². The van der Waals surface area contributed by atoms with E-state index in [0.29, 0.717) is 42.6 Å². The zero-order valence-corrected chi connectivity index (χ0v) is 17.2. The van der Waals surface area contributed by atoms with Crippen molar-refractivity contribution in [3.8, 4) is 6.07 Å². The van der Waals surface area contributed by atoms with E-state index >= 15 is 0 Å². The van der Waals surface area contributed by atoms with E-state index in [1.54, 1.807) is 11.0 Å². The Balaban J connectivity index is 1.99. The minimum Gasteiger partial charge on any atom is -0.377 e. The van der Waals surface area contributed by atoms with Gasteiger partial charge >= 0.3 is 0 Å². The fourth-order valence-corrected chi connectivity index (χ4v) is 3.68. The van der Waals surface area contributed by atoms with Crippen LogP contribution >= 0.6 is 11.6 Å². The molecule has 0 atom stereocenters. The van der Waals surface area contributed by atoms with E-state index in [2.05, 4.69) is 5.32 Å². The molecule has 154 valence electrons. The van der Waals surface area contributed by atoms with Gasteiger partial charge in [-0.1, -0.05) is 0 Å². The lowest BCUT2D eigenvalue weighted by molar-refractivity contribution is -0.132. The summed E-state index contributed by atoms with van der Waals surface area (Å²) in [5.74, 6) is -0.689. The molecule has 1 saturated heterocycles. The number of benzene rings is 1. The van der Waals surface area contributed by atoms with Gasteiger partial charge in [-0.15, -0.1) is 11.6 Å². The number of likely N-dealkylation sites (tertiary alicyclic amines) is 1. The van der Waals surface area contributed by atoms with Crippen molar-refractivity contribution in [3.05, 3.63) is 39.9 Å². The predicted octanol–water partition coefficient (Wildman–Crippen LogP) is 1.83. The highest BCUT2D eigenvalue weighted by Gasteiger charge is 2.31. The molecule has 1 aliphatic heterocycles. The summed E-state index contributed by atoms with van der Waals surface area (Å²) >= 11 is 5.57. The Hall–Kier alpha value is -2.63. The summed E-state index contributed by atoms with van der Waals surface area (Å²) in [4.78, 5) is 28.2. The molecule has 9 heteroatoms. The third kappa shape index (κ3) is 4.36. The Morgan fingerprint density at radius 1 is 1.41 bits per heavy atom. The maximum absolute atomic E-state index is 14.0. The molecular formula is C20H23ClFN5O2. The smallest absolute Gasteiger partial charge is 0.271 e. The van der Waals surface area contributed by atoms with Gasteiger partial charge in [-0.3, -0.25) is 9.59 Å². The second-order valence-corrected chi connectivity index (χ2v) is 7.68. The standard InChI is InChI=1S/C20H23ClFN5O2/c1-25(2)6-3-7-27-17-8-13(22)4-5-15(17)19(16(10-23)20(27)29)24-14-11-26(12-14)18(28)9-21/h4-5,8,14,24H,3,6-7,9,11-12H2,1-2H3. The lowest BCUT2D eigenvalue weighted by Crippen LogP contribution is -2.57. The second kappa shape index (κ2) is 8.80. The highest BCUT2D eigenvalue weighted by Crippen LogP contribution is 2.28. The normalized spacial score (nSPS) is 14.1. The Labute approximate surface area is 173 Å². The van der Waals surface area contributed by atoms with Crippen molar-refractivity contribution in [3.63, 3.8) is 0 Å². The number of anilines is 1. The lowest BCUT2D eigenvalue weighted by atomic mass is 10.0. The van der Waals surface area contributed by atoms with Crippen molar-refractivity contribution >= 4 is 34.1 Å². The average Bonchev–Trinajstić information content (AvgIpc) is 2.65. The largest absolute Gasteiger partial charge is 0.377 e. The molecule has 0 bridgehead atoms. The van der Waals surface area contributed by atoms with Gasteiger partial charge in [-0.05, 0) is 45.3 Å². The van der Waals surface area contributed by atoms with Crippen molar-refractivity contribution in [2.24, 2.45) is 0 Å². The second-order valence-electron chi connectivity index (χ2n) is 7.41. The molecule has 1 fully saturated rings. The van der Waals surface area contributed by atoms with E-state index in [1.165, 1.54) is 16.7 Å². The van der Waals surface area contributed by atoms with Crippen LogP contribution in [0.1, 0.15) is 12.0 Å². The van der Waals surface area contributed by atoms with Crippen LogP contribution in [0.5, 0.6) is 0 Å². The molecule has 1 N–H and O–H groups in total. The number of aryl methyl sites for hydroxylation is 1. The third-order valence-corrected chi connectivity index (χ3v) is 5.25. The SMILES string of the molecule is CN(C)CCCn1c(=O)c(C#N)c(NC2CN(C(=O)CCl)C2)c2ccc(F)cc21. The molecule has 1 aromatic carbocycles. The van der Waals surface area contributed by atoms with Crippen molar-refractivity contribution < 1.29 is 9.18 Å². The van der Waals surface area contributed by atoms with Gasteiger partial charge in [0.15, 0.2) is 0 Å². The average molecular weight is 420 g/mol. The van der Waals surface area contributed by atoms with Gasteiger partial charge in [0.25, 0.3) is 5.56 Å². The number of fused-ring (bicyclic) bond motifs is 1. The summed E-state index contributed by atoms with van der Waals surface area (Å²) in [6.45, 7) is 2.01. The van der Waals surface area contributed by atoms with Crippen molar-refractivity contribution in [2.45, 2.75) is 19.0 Å². The van der Waals surface area contributed by atoms with Crippen molar-refractivity contribution in [1.29, 1.82) is 5.26 Å². The Morgan fingerprint density at radius 2 is 2.14 bits per heavy atom. The first-order valence-electron chi connectivity index (χ1n) is 9.37. The van der Waals surface area contributed by atoms with Crippen LogP contribution < -0.4 is 10.9 Å². The predicted molar refractivity (Wildman–Crippen MR) is 111 cm³/mol. The third-order valence-electron chi connectivity index (χ3n) is 5.02. The van der Waals surface area contributed by atoms with Crippen LogP contribution in [0.2, 0.25) is 0 Å². The number of nitrogens with one attached hydrogen (secondary N) is 1. The topological polar surface area (TPSA) is 81.4 Å². The number of hydrogen-bond acceptors (Lipinski definition) is 5. The number of aromatic nitrogens is 1. The van der Waals surface area contributed by atoms with Crippen LogP contribution in [0, 0.1) is 17.1 Å². The molecule has 1 amide bonds. The van der Waals surface area contributed by atoms with E-state index in [0.717, 1.165) is 6.54 Å². The summed E-state index contributed by atoms with van der Waals surface area (Å²) in [6, 6.07) is 6.12. The summed E-state index contributed by atoms with van der Waals surface area (Å²) in [6.07, 6.45) is 0.689. The summed E-state index contributed by atoms with van der Waals surface area (Å²) < 4.78 is 15.4. The van der Waals surface area contributed by atoms with Crippen LogP contribution in [-0.4, -0.2) is 65.9 Å². The minimum absolute atomic E-state index is 0.00363. The molecular weight excluding hydrogens is 397 g/mol. The lowest BCUT2D eigenvalue weighted by Gasteiger charge is -2.40. The Kier molecular flexibility index (Phi) is 6.40. The quantitative estimate of drug-likeness (QED) is 0.692. The van der Waals surface area contributed by atoms with E-state index in [4.69, 9.17) is 11.6 Å². The molecule has 3 rings (SSSR count). The highest BCUT2D eigenvalue weighted by molar-refractivity contribution is 6.27. The van der Waals surface area contributed by atoms with Gasteiger partial charge in [-0.2, -0.15) is 5.26 Å². The molecule has 7 nitrogen and oxygen atoms in total. The molecule has 0 aliphatic carbocycles. The number of alkyl halides is 1. The molecule has 29 heavy (non-hydrogen) atoms. The number of amides is 1. The highest BCUT2D eigenvalue weighted by atomic mass is 35.5. The Bertz CT molecular complexity index is 1020. The maximum atomic E-state index is 14.0. The van der Waals surface area contributed by atoms with Gasteiger partial charge in [0.05, 0.1) is 17.2 Å². The van der Waals surface area contributed by atoms with E-state index in [9.17, 15) is 19.2 Å². The summed E-state index contributed by atoms with van der Waals surface area (Å²) in [5, 5.41) is 13.5. The van der Waals surface area contributed by atoms with Crippen LogP contribution in [0.4, 0.5) is 10.1 Å². The van der Waals surface area contributed by atoms with Gasteiger partial charge < -0.3 is 19.7 Å². The summed E-state index contributed by atoms with van der Waals surface area (Å²) in [7, 11) is 3.87. The zero-order valence-electron chi connectivity index (χ0n) is 16.4. The molecule has 1 aromatic heterocycles. The molecule has 0 spiro atoms. The first-order chi connectivity index (χ1) is 13.8. The number of halogens is 2. The van der Waals surface area contributed by atoms with Gasteiger partial charge in [0, 0.05) is 25.0 Å². The molecule has 0 saturated carbocycles. The van der Waals surface area contributed by atoms with E-state index < -0.39 is 11.4 Å². The molecule has 0 unspecified atom stereocenters. The number of nitriles is 1. The van der Waals surface area contributed by atoms with E-state index in [-0.39, 0.29) is 23.4 Å². The molecule has 1 aliphatic rings. The van der Waals surface area contributed by atoms with Gasteiger partial charge in [0.2, 0.25) is 5.91 Å². The number of pyridine rings is 1. The van der Waals surface area contributed by atoms with Crippen molar-refractivity contribution in [2.75, 3.05) is 44.9 Å². The van der Waals surface area contributed by atoms with Gasteiger partial charge in [0.1, 0.15) is 23.3 Å². The monoisotopic (exact) mass is 419 g/mol. The molecule has 0 radical (unpaired) electrons. The number of hydrogen-bond donors (Lipinski definition) is 1. The van der Waals surface area contributed by atoms with Crippen LogP contribution in [0.3, 0.4) is 0 Å². The number of rotatable bonds is 7. The van der Waals surface area contributed by atoms with Crippen LogP contribution in [0.25, 0.3) is 10.9 Å². The number of carbonyl (C=O) groups excluding carboxylic acids is 1. The van der Waals surface area contributed by atoms with Gasteiger partial charge in [-0.25, -0.2) is 4.39 Å². The fraction of sp³-hybridized carbons (Fsp3) is 0.450.